The lowest BCUT2D eigenvalue weighted by molar-refractivity contribution is 0.0376. The molecule has 2 aliphatic heterocycles. The molecule has 2 N–H and O–H groups in total. The van der Waals surface area contributed by atoms with Crippen LogP contribution in [0.15, 0.2) is 35.3 Å². The standard InChI is InChI=1S/C24H42N6O.HI/c1-2-25-24(27-11-7-13-29-18-20-31-21-19-29)26-10-6-12-28-14-16-30(17-15-28)22-23-8-4-3-5-9-23;/h3-5,8-9H,2,6-7,10-22H2,1H3,(H2,25,26,27);1H. The Labute approximate surface area is 212 Å². The topological polar surface area (TPSA) is 55.4 Å². The molecule has 1 aromatic rings. The molecule has 2 fully saturated rings. The predicted molar refractivity (Wildman–Crippen MR) is 144 cm³/mol. The summed E-state index contributed by atoms with van der Waals surface area (Å²) >= 11 is 0. The third-order valence-corrected chi connectivity index (χ3v) is 6.01. The zero-order valence-electron chi connectivity index (χ0n) is 19.8. The third-order valence-electron chi connectivity index (χ3n) is 6.01. The molecule has 0 aliphatic carbocycles. The van der Waals surface area contributed by atoms with Crippen molar-refractivity contribution in [2.24, 2.45) is 4.99 Å². The number of rotatable bonds is 11. The molecule has 8 heteroatoms. The van der Waals surface area contributed by atoms with Crippen molar-refractivity contribution in [1.82, 2.24) is 25.3 Å². The molecule has 2 aliphatic rings. The van der Waals surface area contributed by atoms with Crippen molar-refractivity contribution < 1.29 is 4.74 Å². The maximum absolute atomic E-state index is 5.41. The van der Waals surface area contributed by atoms with Crippen molar-refractivity contribution in [2.45, 2.75) is 26.3 Å². The van der Waals surface area contributed by atoms with Gasteiger partial charge in [-0.2, -0.15) is 0 Å². The molecule has 0 bridgehead atoms. The van der Waals surface area contributed by atoms with Crippen molar-refractivity contribution in [3.63, 3.8) is 0 Å². The van der Waals surface area contributed by atoms with Gasteiger partial charge in [0.15, 0.2) is 5.96 Å². The van der Waals surface area contributed by atoms with Crippen LogP contribution in [0.1, 0.15) is 25.3 Å². The number of nitrogens with one attached hydrogen (secondary N) is 2. The highest BCUT2D eigenvalue weighted by Crippen LogP contribution is 2.08. The van der Waals surface area contributed by atoms with Crippen LogP contribution in [0.2, 0.25) is 0 Å². The van der Waals surface area contributed by atoms with E-state index < -0.39 is 0 Å². The molecule has 0 spiro atoms. The van der Waals surface area contributed by atoms with Crippen LogP contribution in [0.4, 0.5) is 0 Å². The second-order valence-corrected chi connectivity index (χ2v) is 8.45. The summed E-state index contributed by atoms with van der Waals surface area (Å²) in [4.78, 5) is 12.4. The van der Waals surface area contributed by atoms with Crippen LogP contribution in [0, 0.1) is 0 Å². The van der Waals surface area contributed by atoms with Crippen LogP contribution in [0.3, 0.4) is 0 Å². The Morgan fingerprint density at radius 2 is 1.53 bits per heavy atom. The highest BCUT2D eigenvalue weighted by Gasteiger charge is 2.16. The molecule has 32 heavy (non-hydrogen) atoms. The molecule has 2 saturated heterocycles. The SMILES string of the molecule is CCNC(=NCCCN1CCN(Cc2ccccc2)CC1)NCCCN1CCOCC1.I. The normalized spacial score (nSPS) is 18.8. The van der Waals surface area contributed by atoms with Gasteiger partial charge < -0.3 is 20.3 Å². The lowest BCUT2D eigenvalue weighted by atomic mass is 10.2. The van der Waals surface area contributed by atoms with Crippen molar-refractivity contribution in [2.75, 3.05) is 85.2 Å². The summed E-state index contributed by atoms with van der Waals surface area (Å²) in [6.45, 7) is 16.7. The molecule has 0 radical (unpaired) electrons. The molecule has 3 rings (SSSR count). The van der Waals surface area contributed by atoms with Gasteiger partial charge in [-0.3, -0.25) is 14.8 Å². The summed E-state index contributed by atoms with van der Waals surface area (Å²) < 4.78 is 5.41. The van der Waals surface area contributed by atoms with Crippen molar-refractivity contribution in [1.29, 1.82) is 0 Å². The van der Waals surface area contributed by atoms with Gasteiger partial charge in [-0.25, -0.2) is 0 Å². The average molecular weight is 559 g/mol. The van der Waals surface area contributed by atoms with E-state index in [0.29, 0.717) is 0 Å². The van der Waals surface area contributed by atoms with Crippen molar-refractivity contribution in [3.8, 4) is 0 Å². The molecular formula is C24H43IN6O. The molecular weight excluding hydrogens is 515 g/mol. The van der Waals surface area contributed by atoms with E-state index in [1.807, 2.05) is 0 Å². The summed E-state index contributed by atoms with van der Waals surface area (Å²) in [7, 11) is 0. The van der Waals surface area contributed by atoms with E-state index in [2.05, 4.69) is 62.6 Å². The number of nitrogens with zero attached hydrogens (tertiary/aromatic N) is 4. The van der Waals surface area contributed by atoms with Gasteiger partial charge in [0.2, 0.25) is 0 Å². The molecule has 0 saturated carbocycles. The molecule has 0 amide bonds. The summed E-state index contributed by atoms with van der Waals surface area (Å²) in [6.07, 6.45) is 2.25. The Bertz CT molecular complexity index is 618. The predicted octanol–water partition coefficient (Wildman–Crippen LogP) is 2.09. The molecule has 2 heterocycles. The maximum Gasteiger partial charge on any atom is 0.191 e. The van der Waals surface area contributed by atoms with E-state index in [1.165, 1.54) is 5.56 Å². The maximum atomic E-state index is 5.41. The summed E-state index contributed by atoms with van der Waals surface area (Å²) in [5.74, 6) is 0.956. The Balaban J connectivity index is 0.00000363. The van der Waals surface area contributed by atoms with Gasteiger partial charge in [-0.05, 0) is 31.9 Å². The quantitative estimate of drug-likeness (QED) is 0.188. The molecule has 182 valence electrons. The smallest absolute Gasteiger partial charge is 0.191 e. The second-order valence-electron chi connectivity index (χ2n) is 8.45. The third kappa shape index (κ3) is 10.8. The van der Waals surface area contributed by atoms with Crippen molar-refractivity contribution >= 4 is 29.9 Å². The van der Waals surface area contributed by atoms with E-state index in [4.69, 9.17) is 9.73 Å². The molecule has 1 aromatic carbocycles. The molecule has 7 nitrogen and oxygen atoms in total. The highest BCUT2D eigenvalue weighted by atomic mass is 127. The Morgan fingerprint density at radius 3 is 2.25 bits per heavy atom. The second kappa shape index (κ2) is 16.6. The van der Waals surface area contributed by atoms with Crippen LogP contribution in [0.25, 0.3) is 0 Å². The number of hydrogen-bond donors (Lipinski definition) is 2. The fourth-order valence-corrected chi connectivity index (χ4v) is 4.17. The lowest BCUT2D eigenvalue weighted by Gasteiger charge is -2.34. The first-order valence-electron chi connectivity index (χ1n) is 12.1. The van der Waals surface area contributed by atoms with E-state index in [9.17, 15) is 0 Å². The fourth-order valence-electron chi connectivity index (χ4n) is 4.17. The first-order valence-corrected chi connectivity index (χ1v) is 12.1. The van der Waals surface area contributed by atoms with Gasteiger partial charge >= 0.3 is 0 Å². The van der Waals surface area contributed by atoms with Gasteiger partial charge in [0.25, 0.3) is 0 Å². The van der Waals surface area contributed by atoms with Gasteiger partial charge in [0.1, 0.15) is 0 Å². The summed E-state index contributed by atoms with van der Waals surface area (Å²) in [5.41, 5.74) is 1.42. The number of piperazine rings is 1. The first kappa shape index (κ1) is 27.3. The van der Waals surface area contributed by atoms with Crippen LogP contribution < -0.4 is 10.6 Å². The van der Waals surface area contributed by atoms with Gasteiger partial charge in [-0.15, -0.1) is 24.0 Å². The van der Waals surface area contributed by atoms with Crippen LogP contribution in [0.5, 0.6) is 0 Å². The number of halogens is 1. The zero-order valence-corrected chi connectivity index (χ0v) is 22.1. The Kier molecular flexibility index (Phi) is 14.2. The number of benzene rings is 1. The van der Waals surface area contributed by atoms with Crippen LogP contribution in [-0.2, 0) is 11.3 Å². The largest absolute Gasteiger partial charge is 0.379 e. The van der Waals surface area contributed by atoms with Crippen molar-refractivity contribution in [3.05, 3.63) is 35.9 Å². The van der Waals surface area contributed by atoms with E-state index >= 15 is 0 Å². The van der Waals surface area contributed by atoms with Gasteiger partial charge in [0.05, 0.1) is 13.2 Å². The number of guanidine groups is 1. The minimum atomic E-state index is 0. The number of morpholine rings is 1. The van der Waals surface area contributed by atoms with E-state index in [-0.39, 0.29) is 24.0 Å². The summed E-state index contributed by atoms with van der Waals surface area (Å²) in [6, 6.07) is 10.8. The minimum absolute atomic E-state index is 0. The van der Waals surface area contributed by atoms with E-state index in [1.54, 1.807) is 0 Å². The number of hydrogen-bond acceptors (Lipinski definition) is 5. The molecule has 0 atom stereocenters. The number of ether oxygens (including phenoxy) is 1. The Morgan fingerprint density at radius 1 is 0.875 bits per heavy atom. The first-order chi connectivity index (χ1) is 15.3. The number of aliphatic imine (C=N–C) groups is 1. The Hall–Kier alpha value is -0.940. The average Bonchev–Trinajstić information content (AvgIpc) is 2.82. The lowest BCUT2D eigenvalue weighted by Crippen LogP contribution is -2.46. The fraction of sp³-hybridized carbons (Fsp3) is 0.708. The monoisotopic (exact) mass is 558 g/mol. The minimum Gasteiger partial charge on any atom is -0.379 e. The van der Waals surface area contributed by atoms with Crippen LogP contribution >= 0.6 is 24.0 Å². The van der Waals surface area contributed by atoms with Gasteiger partial charge in [0, 0.05) is 72.0 Å². The molecule has 0 aromatic heterocycles. The van der Waals surface area contributed by atoms with Gasteiger partial charge in [-0.1, -0.05) is 30.3 Å². The highest BCUT2D eigenvalue weighted by molar-refractivity contribution is 14.0. The van der Waals surface area contributed by atoms with Crippen LogP contribution in [-0.4, -0.2) is 106 Å². The van der Waals surface area contributed by atoms with E-state index in [0.717, 1.165) is 111 Å². The zero-order chi connectivity index (χ0) is 21.6. The summed E-state index contributed by atoms with van der Waals surface area (Å²) in [5, 5.41) is 6.86. The molecule has 0 unspecified atom stereocenters.